The van der Waals surface area contributed by atoms with Gasteiger partial charge in [-0.1, -0.05) is 0 Å². The number of nitrogens with zero attached hydrogens (tertiary/aromatic N) is 3. The van der Waals surface area contributed by atoms with Crippen LogP contribution in [-0.2, 0) is 14.3 Å². The van der Waals surface area contributed by atoms with E-state index in [1.54, 1.807) is 6.92 Å². The average Bonchev–Trinajstić information content (AvgIpc) is 2.22. The van der Waals surface area contributed by atoms with E-state index in [-0.39, 0.29) is 6.54 Å². The number of amides is 2. The summed E-state index contributed by atoms with van der Waals surface area (Å²) in [6, 6.07) is 0. The molecule has 0 atom stereocenters. The standard InChI is InChI=1S/C7H11N5O3/c1-2-15-5-11-12-7(14)3-9-6(13)4-10-8/h4-5H,2-3H2,1H3,(H,9,13)(H,12,14)/b11-5-. The van der Waals surface area contributed by atoms with E-state index in [4.69, 9.17) is 10.3 Å². The van der Waals surface area contributed by atoms with Crippen molar-refractivity contribution >= 4 is 24.4 Å². The maximum Gasteiger partial charge on any atom is 0.344 e. The zero-order valence-electron chi connectivity index (χ0n) is 8.14. The molecule has 0 rings (SSSR count). The Morgan fingerprint density at radius 2 is 2.33 bits per heavy atom. The number of carbonyl (C=O) groups excluding carboxylic acids is 2. The number of carbonyl (C=O) groups is 2. The van der Waals surface area contributed by atoms with Gasteiger partial charge in [-0.05, 0) is 6.92 Å². The van der Waals surface area contributed by atoms with Crippen LogP contribution < -0.4 is 10.7 Å². The molecular weight excluding hydrogens is 202 g/mol. The fourth-order valence-corrected chi connectivity index (χ4v) is 0.515. The molecule has 8 heteroatoms. The van der Waals surface area contributed by atoms with Gasteiger partial charge in [0.15, 0.2) is 6.40 Å². The second-order valence-corrected chi connectivity index (χ2v) is 2.19. The smallest absolute Gasteiger partial charge is 0.344 e. The third-order valence-corrected chi connectivity index (χ3v) is 1.08. The lowest BCUT2D eigenvalue weighted by Crippen LogP contribution is -2.35. The lowest BCUT2D eigenvalue weighted by atomic mass is 10.5. The fourth-order valence-electron chi connectivity index (χ4n) is 0.515. The molecule has 2 amide bonds. The van der Waals surface area contributed by atoms with Crippen LogP contribution in [0.5, 0.6) is 0 Å². The predicted molar refractivity (Wildman–Crippen MR) is 51.0 cm³/mol. The maximum absolute atomic E-state index is 10.9. The normalized spacial score (nSPS) is 9.13. The Kier molecular flexibility index (Phi) is 7.15. The second-order valence-electron chi connectivity index (χ2n) is 2.19. The fraction of sp³-hybridized carbons (Fsp3) is 0.429. The molecule has 0 bridgehead atoms. The first kappa shape index (κ1) is 12.8. The second kappa shape index (κ2) is 8.39. The lowest BCUT2D eigenvalue weighted by Gasteiger charge is -1.98. The third kappa shape index (κ3) is 8.13. The molecule has 8 nitrogen and oxygen atoms in total. The Bertz CT molecular complexity index is 295. The van der Waals surface area contributed by atoms with Crippen LogP contribution in [-0.4, -0.2) is 42.4 Å². The molecule has 0 aromatic carbocycles. The topological polar surface area (TPSA) is 116 Å². The zero-order chi connectivity index (χ0) is 11.5. The summed E-state index contributed by atoms with van der Waals surface area (Å²) in [6.07, 6.45) is 1.71. The molecule has 2 N–H and O–H groups in total. The summed E-state index contributed by atoms with van der Waals surface area (Å²) in [5, 5.41) is 5.55. The Hall–Kier alpha value is -2.21. The number of nitrogens with one attached hydrogen (secondary N) is 2. The van der Waals surface area contributed by atoms with E-state index >= 15 is 0 Å². The first-order chi connectivity index (χ1) is 7.20. The largest absolute Gasteiger partial charge is 0.482 e. The van der Waals surface area contributed by atoms with E-state index in [0.29, 0.717) is 12.8 Å². The number of hydrazone groups is 1. The van der Waals surface area contributed by atoms with Gasteiger partial charge in [0.25, 0.3) is 5.91 Å². The Morgan fingerprint density at radius 3 is 2.93 bits per heavy atom. The lowest BCUT2D eigenvalue weighted by molar-refractivity contribution is -0.124. The molecule has 0 aromatic heterocycles. The van der Waals surface area contributed by atoms with Crippen molar-refractivity contribution in [3.05, 3.63) is 5.53 Å². The molecule has 0 heterocycles. The predicted octanol–water partition coefficient (Wildman–Crippen LogP) is -1.50. The van der Waals surface area contributed by atoms with E-state index < -0.39 is 11.8 Å². The van der Waals surface area contributed by atoms with Crippen molar-refractivity contribution in [3.8, 4) is 0 Å². The quantitative estimate of drug-likeness (QED) is 0.184. The van der Waals surface area contributed by atoms with Crippen LogP contribution in [0.1, 0.15) is 6.92 Å². The van der Waals surface area contributed by atoms with Crippen molar-refractivity contribution in [2.24, 2.45) is 5.10 Å². The number of ether oxygens (including phenoxy) is 1. The maximum atomic E-state index is 10.9. The number of hydrogen-bond acceptors (Lipinski definition) is 4. The first-order valence-corrected chi connectivity index (χ1v) is 4.08. The van der Waals surface area contributed by atoms with Crippen molar-refractivity contribution in [1.29, 1.82) is 0 Å². The molecule has 0 aliphatic rings. The SMILES string of the molecule is CCO/C=N\NC(=O)CNC(=O)C=[N+]=[N-]. The third-order valence-electron chi connectivity index (χ3n) is 1.08. The van der Waals surface area contributed by atoms with Gasteiger partial charge >= 0.3 is 12.1 Å². The van der Waals surface area contributed by atoms with Crippen LogP contribution in [0.2, 0.25) is 0 Å². The van der Waals surface area contributed by atoms with Crippen LogP contribution in [0.15, 0.2) is 5.10 Å². The zero-order valence-corrected chi connectivity index (χ0v) is 8.14. The van der Waals surface area contributed by atoms with Crippen molar-refractivity contribution in [2.45, 2.75) is 6.92 Å². The molecule has 0 aliphatic heterocycles. The highest BCUT2D eigenvalue weighted by Crippen LogP contribution is 1.67. The molecular formula is C7H11N5O3. The van der Waals surface area contributed by atoms with E-state index in [9.17, 15) is 9.59 Å². The average molecular weight is 213 g/mol. The summed E-state index contributed by atoms with van der Waals surface area (Å²) in [7, 11) is 0. The summed E-state index contributed by atoms with van der Waals surface area (Å²) >= 11 is 0. The summed E-state index contributed by atoms with van der Waals surface area (Å²) in [5.74, 6) is -1.20. The van der Waals surface area contributed by atoms with Gasteiger partial charge in [0.1, 0.15) is 0 Å². The summed E-state index contributed by atoms with van der Waals surface area (Å²) < 4.78 is 4.70. The van der Waals surface area contributed by atoms with Crippen molar-refractivity contribution in [1.82, 2.24) is 10.7 Å². The molecule has 0 aliphatic carbocycles. The number of rotatable bonds is 6. The van der Waals surface area contributed by atoms with Gasteiger partial charge in [-0.15, -0.1) is 5.10 Å². The van der Waals surface area contributed by atoms with Gasteiger partial charge < -0.3 is 15.6 Å². The highest BCUT2D eigenvalue weighted by Gasteiger charge is 2.04. The van der Waals surface area contributed by atoms with Crippen molar-refractivity contribution < 1.29 is 19.1 Å². The van der Waals surface area contributed by atoms with Gasteiger partial charge in [0.05, 0.1) is 13.2 Å². The van der Waals surface area contributed by atoms with E-state index in [1.807, 2.05) is 0 Å². The van der Waals surface area contributed by atoms with Crippen molar-refractivity contribution in [3.63, 3.8) is 0 Å². The van der Waals surface area contributed by atoms with Gasteiger partial charge in [0.2, 0.25) is 0 Å². The Balaban J connectivity index is 3.66. The molecule has 82 valence electrons. The minimum atomic E-state index is -0.679. The Morgan fingerprint density at radius 1 is 1.60 bits per heavy atom. The van der Waals surface area contributed by atoms with Crippen molar-refractivity contribution in [2.75, 3.05) is 13.2 Å². The van der Waals surface area contributed by atoms with Crippen LogP contribution in [0.4, 0.5) is 0 Å². The monoisotopic (exact) mass is 213 g/mol. The van der Waals surface area contributed by atoms with Gasteiger partial charge in [-0.2, -0.15) is 4.79 Å². The van der Waals surface area contributed by atoms with Gasteiger partial charge in [-0.3, -0.25) is 9.59 Å². The van der Waals surface area contributed by atoms with E-state index in [0.717, 1.165) is 6.40 Å². The minimum absolute atomic E-state index is 0.270. The van der Waals surface area contributed by atoms with Crippen LogP contribution in [0.3, 0.4) is 0 Å². The molecule has 0 fully saturated rings. The molecule has 0 aromatic rings. The summed E-state index contributed by atoms with van der Waals surface area (Å²) in [6.45, 7) is 1.94. The highest BCUT2D eigenvalue weighted by atomic mass is 16.5. The Labute approximate surface area is 85.9 Å². The first-order valence-electron chi connectivity index (χ1n) is 4.08. The minimum Gasteiger partial charge on any atom is -0.482 e. The highest BCUT2D eigenvalue weighted by molar-refractivity contribution is 6.24. The molecule has 15 heavy (non-hydrogen) atoms. The van der Waals surface area contributed by atoms with E-state index in [2.05, 4.69) is 20.6 Å². The van der Waals surface area contributed by atoms with Crippen LogP contribution >= 0.6 is 0 Å². The molecule has 0 saturated carbocycles. The van der Waals surface area contributed by atoms with Crippen LogP contribution in [0, 0.1) is 0 Å². The number of hydrogen-bond donors (Lipinski definition) is 2. The molecule has 0 radical (unpaired) electrons. The summed E-state index contributed by atoms with van der Waals surface area (Å²) in [4.78, 5) is 24.1. The van der Waals surface area contributed by atoms with E-state index in [1.165, 1.54) is 0 Å². The van der Waals surface area contributed by atoms with Gasteiger partial charge in [0, 0.05) is 0 Å². The van der Waals surface area contributed by atoms with Gasteiger partial charge in [-0.25, -0.2) is 5.43 Å². The summed E-state index contributed by atoms with van der Waals surface area (Å²) in [5.41, 5.74) is 10.1. The molecule has 0 saturated heterocycles. The molecule has 0 spiro atoms. The van der Waals surface area contributed by atoms with Crippen LogP contribution in [0.25, 0.3) is 5.53 Å². The molecule has 0 unspecified atom stereocenters.